The van der Waals surface area contributed by atoms with Crippen molar-refractivity contribution in [1.82, 2.24) is 9.78 Å². The van der Waals surface area contributed by atoms with E-state index >= 15 is 0 Å². The number of nitrogens with zero attached hydrogens (tertiary/aromatic N) is 2. The Morgan fingerprint density at radius 1 is 1.32 bits per heavy atom. The van der Waals surface area contributed by atoms with E-state index in [-0.39, 0.29) is 6.04 Å². The monoisotopic (exact) mass is 279 g/mol. The van der Waals surface area contributed by atoms with Crippen molar-refractivity contribution >= 4 is 11.6 Å². The predicted molar refractivity (Wildman–Crippen MR) is 76.7 cm³/mol. The highest BCUT2D eigenvalue weighted by molar-refractivity contribution is 6.32. The fourth-order valence-corrected chi connectivity index (χ4v) is 1.89. The summed E-state index contributed by atoms with van der Waals surface area (Å²) in [4.78, 5) is 0. The molecule has 2 rings (SSSR count). The minimum Gasteiger partial charge on any atom is -0.452 e. The van der Waals surface area contributed by atoms with Gasteiger partial charge in [0.2, 0.25) is 0 Å². The van der Waals surface area contributed by atoms with E-state index in [1.165, 1.54) is 0 Å². The molecule has 2 N–H and O–H groups in total. The van der Waals surface area contributed by atoms with Crippen LogP contribution in [0.3, 0.4) is 0 Å². The molecule has 0 bridgehead atoms. The first-order valence-electron chi connectivity index (χ1n) is 6.24. The van der Waals surface area contributed by atoms with Crippen LogP contribution in [0.5, 0.6) is 11.5 Å². The van der Waals surface area contributed by atoms with Crippen molar-refractivity contribution in [3.63, 3.8) is 0 Å². The van der Waals surface area contributed by atoms with E-state index in [1.54, 1.807) is 6.20 Å². The summed E-state index contributed by atoms with van der Waals surface area (Å²) in [5.41, 5.74) is 6.79. The first-order valence-corrected chi connectivity index (χ1v) is 6.62. The van der Waals surface area contributed by atoms with Crippen molar-refractivity contribution < 1.29 is 4.74 Å². The van der Waals surface area contributed by atoms with Gasteiger partial charge in [0.05, 0.1) is 17.4 Å². The highest BCUT2D eigenvalue weighted by Gasteiger charge is 2.09. The van der Waals surface area contributed by atoms with Gasteiger partial charge in [-0.3, -0.25) is 4.68 Å². The normalized spacial score (nSPS) is 12.7. The molecule has 0 radical (unpaired) electrons. The van der Waals surface area contributed by atoms with Gasteiger partial charge in [0.25, 0.3) is 0 Å². The van der Waals surface area contributed by atoms with Gasteiger partial charge in [-0.25, -0.2) is 0 Å². The van der Waals surface area contributed by atoms with E-state index in [9.17, 15) is 0 Å². The summed E-state index contributed by atoms with van der Waals surface area (Å²) in [6, 6.07) is 5.82. The molecule has 0 fully saturated rings. The van der Waals surface area contributed by atoms with Crippen LogP contribution in [-0.2, 0) is 0 Å². The van der Waals surface area contributed by atoms with Crippen LogP contribution in [0.4, 0.5) is 0 Å². The van der Waals surface area contributed by atoms with Crippen molar-refractivity contribution in [2.45, 2.75) is 32.9 Å². The molecule has 1 atom stereocenters. The molecular formula is C14H18ClN3O. The number of aromatic nitrogens is 2. The Kier molecular flexibility index (Phi) is 4.12. The fraction of sp³-hybridized carbons (Fsp3) is 0.357. The average Bonchev–Trinajstić information content (AvgIpc) is 2.80. The third kappa shape index (κ3) is 3.28. The van der Waals surface area contributed by atoms with Crippen LogP contribution in [0.2, 0.25) is 5.02 Å². The average molecular weight is 280 g/mol. The second-order valence-corrected chi connectivity index (χ2v) is 5.24. The topological polar surface area (TPSA) is 53.1 Å². The third-order valence-electron chi connectivity index (χ3n) is 2.82. The zero-order valence-electron chi connectivity index (χ0n) is 11.3. The summed E-state index contributed by atoms with van der Waals surface area (Å²) in [6.07, 6.45) is 3.52. The summed E-state index contributed by atoms with van der Waals surface area (Å²) in [5.74, 6) is 1.28. The van der Waals surface area contributed by atoms with Gasteiger partial charge < -0.3 is 10.5 Å². The Hall–Kier alpha value is -1.52. The Morgan fingerprint density at radius 2 is 2.05 bits per heavy atom. The maximum absolute atomic E-state index is 6.18. The largest absolute Gasteiger partial charge is 0.452 e. The number of benzene rings is 1. The molecule has 102 valence electrons. The van der Waals surface area contributed by atoms with E-state index in [2.05, 4.69) is 18.9 Å². The van der Waals surface area contributed by atoms with Gasteiger partial charge in [-0.05, 0) is 38.5 Å². The third-order valence-corrected chi connectivity index (χ3v) is 3.11. The molecule has 1 aromatic carbocycles. The second-order valence-electron chi connectivity index (χ2n) is 4.83. The van der Waals surface area contributed by atoms with Crippen LogP contribution in [0, 0.1) is 0 Å². The van der Waals surface area contributed by atoms with Crippen LogP contribution in [0.25, 0.3) is 0 Å². The Morgan fingerprint density at radius 3 is 2.58 bits per heavy atom. The van der Waals surface area contributed by atoms with Crippen LogP contribution < -0.4 is 10.5 Å². The molecule has 0 aliphatic rings. The summed E-state index contributed by atoms with van der Waals surface area (Å²) in [6.45, 7) is 6.03. The van der Waals surface area contributed by atoms with Crippen molar-refractivity contribution in [2.24, 2.45) is 5.73 Å². The smallest absolute Gasteiger partial charge is 0.165 e. The van der Waals surface area contributed by atoms with Gasteiger partial charge >= 0.3 is 0 Å². The lowest BCUT2D eigenvalue weighted by atomic mass is 10.1. The van der Waals surface area contributed by atoms with Gasteiger partial charge in [-0.1, -0.05) is 17.7 Å². The lowest BCUT2D eigenvalue weighted by Crippen LogP contribution is -2.04. The minimum absolute atomic E-state index is 0.0461. The summed E-state index contributed by atoms with van der Waals surface area (Å²) < 4.78 is 7.55. The molecular weight excluding hydrogens is 262 g/mol. The van der Waals surface area contributed by atoms with Crippen molar-refractivity contribution in [1.29, 1.82) is 0 Å². The molecule has 1 heterocycles. The first kappa shape index (κ1) is 13.9. The summed E-state index contributed by atoms with van der Waals surface area (Å²) >= 11 is 6.18. The molecule has 0 aliphatic heterocycles. The summed E-state index contributed by atoms with van der Waals surface area (Å²) in [7, 11) is 0. The maximum Gasteiger partial charge on any atom is 0.165 e. The molecule has 19 heavy (non-hydrogen) atoms. The molecule has 0 saturated carbocycles. The van der Waals surface area contributed by atoms with E-state index < -0.39 is 0 Å². The molecule has 5 heteroatoms. The number of nitrogens with two attached hydrogens (primary N) is 1. The molecule has 0 amide bonds. The standard InChI is InChI=1S/C14H18ClN3O/c1-9(2)18-8-12(7-17-18)19-14-5-4-11(10(3)16)6-13(14)15/h4-10H,16H2,1-3H3/t10-/m0/s1. The van der Waals surface area contributed by atoms with Crippen molar-refractivity contribution in [2.75, 3.05) is 0 Å². The quantitative estimate of drug-likeness (QED) is 0.922. The number of rotatable bonds is 4. The van der Waals surface area contributed by atoms with Gasteiger partial charge in [0, 0.05) is 12.1 Å². The van der Waals surface area contributed by atoms with Crippen LogP contribution in [0.15, 0.2) is 30.6 Å². The van der Waals surface area contributed by atoms with Gasteiger partial charge in [0.15, 0.2) is 5.75 Å². The van der Waals surface area contributed by atoms with Crippen molar-refractivity contribution in [3.8, 4) is 11.5 Å². The molecule has 2 aromatic rings. The van der Waals surface area contributed by atoms with Crippen LogP contribution >= 0.6 is 11.6 Å². The molecule has 1 aromatic heterocycles. The summed E-state index contributed by atoms with van der Waals surface area (Å²) in [5, 5.41) is 4.76. The molecule has 0 aliphatic carbocycles. The molecule has 0 unspecified atom stereocenters. The van der Waals surface area contributed by atoms with Crippen molar-refractivity contribution in [3.05, 3.63) is 41.2 Å². The lowest BCUT2D eigenvalue weighted by molar-refractivity contribution is 0.477. The SMILES string of the molecule is CC(C)n1cc(Oc2ccc([C@H](C)N)cc2Cl)cn1. The zero-order chi connectivity index (χ0) is 14.0. The van der Waals surface area contributed by atoms with E-state index in [1.807, 2.05) is 36.0 Å². The predicted octanol–water partition coefficient (Wildman–Crippen LogP) is 3.93. The Bertz CT molecular complexity index is 564. The van der Waals surface area contributed by atoms with Crippen LogP contribution in [-0.4, -0.2) is 9.78 Å². The van der Waals surface area contributed by atoms with Gasteiger partial charge in [-0.15, -0.1) is 0 Å². The van der Waals surface area contributed by atoms with Crippen LogP contribution in [0.1, 0.15) is 38.4 Å². The molecule has 0 spiro atoms. The number of hydrogen-bond donors (Lipinski definition) is 1. The van der Waals surface area contributed by atoms with Gasteiger partial charge in [0.1, 0.15) is 5.75 Å². The van der Waals surface area contributed by atoms with Gasteiger partial charge in [-0.2, -0.15) is 5.10 Å². The maximum atomic E-state index is 6.18. The highest BCUT2D eigenvalue weighted by atomic mass is 35.5. The highest BCUT2D eigenvalue weighted by Crippen LogP contribution is 2.31. The minimum atomic E-state index is -0.0461. The second kappa shape index (κ2) is 5.63. The van der Waals surface area contributed by atoms with E-state index in [4.69, 9.17) is 22.1 Å². The number of halogens is 1. The number of ether oxygens (including phenoxy) is 1. The van der Waals surface area contributed by atoms with E-state index in [0.717, 1.165) is 5.56 Å². The lowest BCUT2D eigenvalue weighted by Gasteiger charge is -2.10. The zero-order valence-corrected chi connectivity index (χ0v) is 12.1. The Labute approximate surface area is 118 Å². The Balaban J connectivity index is 2.18. The number of hydrogen-bond acceptors (Lipinski definition) is 3. The molecule has 4 nitrogen and oxygen atoms in total. The molecule has 0 saturated heterocycles. The fourth-order valence-electron chi connectivity index (χ4n) is 1.67. The van der Waals surface area contributed by atoms with E-state index in [0.29, 0.717) is 22.6 Å². The first-order chi connectivity index (χ1) is 8.97.